The summed E-state index contributed by atoms with van der Waals surface area (Å²) in [6.45, 7) is 0.626. The Kier molecular flexibility index (Phi) is 9.00. The van der Waals surface area contributed by atoms with E-state index in [4.69, 9.17) is 16.3 Å². The largest absolute Gasteiger partial charge is 0.426 e. The van der Waals surface area contributed by atoms with Gasteiger partial charge in [-0.2, -0.15) is 0 Å². The van der Waals surface area contributed by atoms with E-state index < -0.39 is 35.8 Å². The topological polar surface area (TPSA) is 110 Å². The Morgan fingerprint density at radius 3 is 2.74 bits per heavy atom. The number of fused-ring (bicyclic) bond motifs is 1. The van der Waals surface area contributed by atoms with E-state index in [0.29, 0.717) is 22.9 Å². The molecule has 1 aromatic heterocycles. The molecule has 1 fully saturated rings. The number of halogens is 3. The van der Waals surface area contributed by atoms with E-state index in [9.17, 15) is 28.0 Å². The maximum atomic E-state index is 14.5. The molecule has 12 heteroatoms. The van der Waals surface area contributed by atoms with Gasteiger partial charge in [-0.1, -0.05) is 29.8 Å². The molecule has 3 heterocycles. The molecule has 1 saturated heterocycles. The second-order valence-electron chi connectivity index (χ2n) is 10.4. The number of hydrogen-bond donors (Lipinski definition) is 1. The summed E-state index contributed by atoms with van der Waals surface area (Å²) >= 11 is 5.81. The quantitative estimate of drug-likeness (QED) is 0.199. The maximum absolute atomic E-state index is 14.5. The summed E-state index contributed by atoms with van der Waals surface area (Å²) in [7, 11) is 0. The lowest BCUT2D eigenvalue weighted by Crippen LogP contribution is -2.46. The summed E-state index contributed by atoms with van der Waals surface area (Å²) in [5.41, 5.74) is 1.80. The molecule has 2 aromatic carbocycles. The number of nitrogens with one attached hydrogen (secondary N) is 1. The van der Waals surface area contributed by atoms with Crippen molar-refractivity contribution in [2.45, 2.75) is 57.9 Å². The van der Waals surface area contributed by atoms with Gasteiger partial charge in [-0.05, 0) is 31.5 Å². The van der Waals surface area contributed by atoms with Gasteiger partial charge in [-0.3, -0.25) is 24.2 Å². The molecule has 5 rings (SSSR count). The molecule has 2 aliphatic rings. The normalized spacial score (nSPS) is 17.8. The molecule has 224 valence electrons. The molecule has 9 nitrogen and oxygen atoms in total. The summed E-state index contributed by atoms with van der Waals surface area (Å²) in [5, 5.41) is 3.03. The number of ketones is 1. The molecule has 2 aliphatic heterocycles. The second-order valence-corrected chi connectivity index (χ2v) is 10.9. The van der Waals surface area contributed by atoms with Crippen LogP contribution in [0.5, 0.6) is 5.75 Å². The first-order valence-electron chi connectivity index (χ1n) is 13.8. The zero-order valence-corrected chi connectivity index (χ0v) is 24.1. The summed E-state index contributed by atoms with van der Waals surface area (Å²) in [4.78, 5) is 56.6. The molecule has 1 N–H and O–H groups in total. The second kappa shape index (κ2) is 12.9. The standard InChI is InChI=1S/C31H29ClF2N4O5/c1-18(39)24-16-37(26-13-22(8-9-23(24)26)43-29(41)10-7-21-5-3-11-35-21)17-28(40)38-15-20(33)12-27(38)31(42)36-14-19-4-2-6-25(32)30(19)34/h2,4-6,8-9,11,13,16,20,27H,3,7,10,12,14-15,17H2,1H3,(H,36,42)/t20-,27+/m1/s1. The Labute approximate surface area is 251 Å². The minimum Gasteiger partial charge on any atom is -0.426 e. The van der Waals surface area contributed by atoms with Crippen LogP contribution in [-0.2, 0) is 27.5 Å². The highest BCUT2D eigenvalue weighted by molar-refractivity contribution is 6.30. The number of hydrogen-bond acceptors (Lipinski definition) is 6. The van der Waals surface area contributed by atoms with E-state index in [0.717, 1.165) is 17.0 Å². The third-order valence-electron chi connectivity index (χ3n) is 7.43. The van der Waals surface area contributed by atoms with Crippen LogP contribution in [0.3, 0.4) is 0 Å². The Morgan fingerprint density at radius 1 is 1.19 bits per heavy atom. The van der Waals surface area contributed by atoms with Crippen molar-refractivity contribution in [3.8, 4) is 5.75 Å². The van der Waals surface area contributed by atoms with Crippen LogP contribution in [0, 0.1) is 5.82 Å². The smallest absolute Gasteiger partial charge is 0.311 e. The lowest BCUT2D eigenvalue weighted by molar-refractivity contribution is -0.139. The van der Waals surface area contributed by atoms with Crippen molar-refractivity contribution < 1.29 is 32.7 Å². The van der Waals surface area contributed by atoms with Gasteiger partial charge in [0.1, 0.15) is 30.3 Å². The monoisotopic (exact) mass is 610 g/mol. The van der Waals surface area contributed by atoms with Crippen molar-refractivity contribution >= 4 is 52.3 Å². The fourth-order valence-electron chi connectivity index (χ4n) is 5.27. The number of aromatic nitrogens is 1. The van der Waals surface area contributed by atoms with E-state index in [1.54, 1.807) is 30.5 Å². The lowest BCUT2D eigenvalue weighted by Gasteiger charge is -2.24. The highest BCUT2D eigenvalue weighted by Gasteiger charge is 2.39. The van der Waals surface area contributed by atoms with Gasteiger partial charge in [0.2, 0.25) is 11.8 Å². The number of carbonyl (C=O) groups is 4. The molecular formula is C31H29ClF2N4O5. The number of aliphatic imine (C=N–C) groups is 1. The number of alkyl halides is 1. The van der Waals surface area contributed by atoms with E-state index >= 15 is 0 Å². The molecule has 2 atom stereocenters. The van der Waals surface area contributed by atoms with Gasteiger partial charge in [-0.15, -0.1) is 0 Å². The number of ether oxygens (including phenoxy) is 1. The summed E-state index contributed by atoms with van der Waals surface area (Å²) in [6, 6.07) is 8.06. The van der Waals surface area contributed by atoms with Gasteiger partial charge >= 0.3 is 5.97 Å². The summed E-state index contributed by atoms with van der Waals surface area (Å²) in [6.07, 6.45) is 4.91. The van der Waals surface area contributed by atoms with Crippen LogP contribution >= 0.6 is 11.6 Å². The Hall–Kier alpha value is -4.38. The Morgan fingerprint density at radius 2 is 2.00 bits per heavy atom. The fourth-order valence-corrected chi connectivity index (χ4v) is 5.46. The molecule has 43 heavy (non-hydrogen) atoms. The summed E-state index contributed by atoms with van der Waals surface area (Å²) in [5.74, 6) is -2.29. The minimum absolute atomic E-state index is 0.0912. The van der Waals surface area contributed by atoms with Crippen molar-refractivity contribution in [3.05, 3.63) is 76.3 Å². The van der Waals surface area contributed by atoms with Gasteiger partial charge in [0.15, 0.2) is 5.78 Å². The Balaban J connectivity index is 1.31. The van der Waals surface area contributed by atoms with E-state index in [1.165, 1.54) is 29.8 Å². The van der Waals surface area contributed by atoms with Crippen LogP contribution in [-0.4, -0.2) is 58.0 Å². The van der Waals surface area contributed by atoms with Crippen LogP contribution in [0.1, 0.15) is 48.5 Å². The Bertz CT molecular complexity index is 1670. The molecule has 0 bridgehead atoms. The van der Waals surface area contributed by atoms with Crippen LogP contribution in [0.25, 0.3) is 10.9 Å². The number of allylic oxidation sites excluding steroid dienone is 2. The van der Waals surface area contributed by atoms with E-state index in [-0.39, 0.29) is 54.6 Å². The fraction of sp³-hybridized carbons (Fsp3) is 0.323. The van der Waals surface area contributed by atoms with Crippen molar-refractivity contribution in [2.24, 2.45) is 4.99 Å². The molecule has 0 aliphatic carbocycles. The first-order chi connectivity index (χ1) is 20.6. The predicted octanol–water partition coefficient (Wildman–Crippen LogP) is 4.94. The number of nitrogens with zero attached hydrogens (tertiary/aromatic N) is 3. The molecule has 0 unspecified atom stereocenters. The highest BCUT2D eigenvalue weighted by Crippen LogP contribution is 2.28. The SMILES string of the molecule is CC(=O)c1cn(CC(=O)N2C[C@H](F)C[C@H]2C(=O)NCc2cccc(Cl)c2F)c2cc(OC(=O)CCC3=CCC=N3)ccc12. The molecular weight excluding hydrogens is 582 g/mol. The third-order valence-corrected chi connectivity index (χ3v) is 7.72. The van der Waals surface area contributed by atoms with Crippen molar-refractivity contribution in [3.63, 3.8) is 0 Å². The number of benzene rings is 2. The minimum atomic E-state index is -1.42. The number of carbonyl (C=O) groups excluding carboxylic acids is 4. The van der Waals surface area contributed by atoms with Crippen LogP contribution in [0.15, 0.2) is 59.4 Å². The van der Waals surface area contributed by atoms with Gasteiger partial charge in [0.05, 0.1) is 23.5 Å². The van der Waals surface area contributed by atoms with Crippen LogP contribution < -0.4 is 10.1 Å². The first-order valence-corrected chi connectivity index (χ1v) is 14.2. The van der Waals surface area contributed by atoms with Crippen molar-refractivity contribution in [1.82, 2.24) is 14.8 Å². The molecule has 0 saturated carbocycles. The van der Waals surface area contributed by atoms with Crippen molar-refractivity contribution in [2.75, 3.05) is 6.54 Å². The van der Waals surface area contributed by atoms with E-state index in [1.807, 2.05) is 6.08 Å². The molecule has 0 spiro atoms. The number of likely N-dealkylation sites (tertiary alicyclic amines) is 1. The first kappa shape index (κ1) is 30.1. The predicted molar refractivity (Wildman–Crippen MR) is 156 cm³/mol. The molecule has 3 aromatic rings. The van der Waals surface area contributed by atoms with Gasteiger partial charge in [-0.25, -0.2) is 8.78 Å². The average Bonchev–Trinajstić information content (AvgIpc) is 3.72. The lowest BCUT2D eigenvalue weighted by atomic mass is 10.1. The zero-order valence-electron chi connectivity index (χ0n) is 23.3. The van der Waals surface area contributed by atoms with E-state index in [2.05, 4.69) is 10.3 Å². The van der Waals surface area contributed by atoms with Crippen molar-refractivity contribution in [1.29, 1.82) is 0 Å². The number of esters is 1. The van der Waals surface area contributed by atoms with Gasteiger partial charge in [0.25, 0.3) is 0 Å². The number of Topliss-reactive ketones (excluding diaryl/α,β-unsaturated/α-hetero) is 1. The molecule has 0 radical (unpaired) electrons. The average molecular weight is 611 g/mol. The third kappa shape index (κ3) is 6.83. The number of rotatable bonds is 10. The number of amides is 2. The van der Waals surface area contributed by atoms with Crippen LogP contribution in [0.2, 0.25) is 5.02 Å². The van der Waals surface area contributed by atoms with Gasteiger partial charge in [0, 0.05) is 60.1 Å². The highest BCUT2D eigenvalue weighted by atomic mass is 35.5. The van der Waals surface area contributed by atoms with Gasteiger partial charge < -0.3 is 19.5 Å². The summed E-state index contributed by atoms with van der Waals surface area (Å²) < 4.78 is 35.8. The zero-order chi connectivity index (χ0) is 30.7. The molecule has 2 amide bonds. The maximum Gasteiger partial charge on any atom is 0.311 e. The van der Waals surface area contributed by atoms with Crippen LogP contribution in [0.4, 0.5) is 8.78 Å².